The summed E-state index contributed by atoms with van der Waals surface area (Å²) < 4.78 is 2.20. The lowest BCUT2D eigenvalue weighted by molar-refractivity contribution is -0.118. The molecule has 4 rings (SSSR count). The summed E-state index contributed by atoms with van der Waals surface area (Å²) in [6.45, 7) is 0.633. The van der Waals surface area contributed by atoms with Crippen molar-refractivity contribution in [3.63, 3.8) is 0 Å². The van der Waals surface area contributed by atoms with Crippen LogP contribution >= 0.6 is 0 Å². The number of fused-ring (bicyclic) bond motifs is 1. The zero-order chi connectivity index (χ0) is 20.1. The van der Waals surface area contributed by atoms with Crippen LogP contribution in [0.2, 0.25) is 0 Å². The van der Waals surface area contributed by atoms with Gasteiger partial charge in [0.15, 0.2) is 0 Å². The van der Waals surface area contributed by atoms with E-state index >= 15 is 0 Å². The number of rotatable bonds is 8. The van der Waals surface area contributed by atoms with Gasteiger partial charge in [-0.05, 0) is 60.3 Å². The van der Waals surface area contributed by atoms with Crippen LogP contribution in [0.1, 0.15) is 23.1 Å². The minimum Gasteiger partial charge on any atom is -0.330 e. The zero-order valence-corrected chi connectivity index (χ0v) is 16.4. The molecule has 0 amide bonds. The third kappa shape index (κ3) is 4.44. The van der Waals surface area contributed by atoms with Gasteiger partial charge in [0.05, 0.1) is 5.52 Å². The van der Waals surface area contributed by atoms with Gasteiger partial charge in [-0.25, -0.2) is 0 Å². The highest BCUT2D eigenvalue weighted by atomic mass is 16.1. The van der Waals surface area contributed by atoms with E-state index in [0.717, 1.165) is 29.7 Å². The molecular formula is C25H25N3O. The first-order valence-electron chi connectivity index (χ1n) is 10.0. The molecule has 0 saturated carbocycles. The van der Waals surface area contributed by atoms with Gasteiger partial charge in [-0.15, -0.1) is 0 Å². The number of nitrogens with zero attached hydrogens (tertiary/aromatic N) is 2. The average molecular weight is 383 g/mol. The molecule has 2 heterocycles. The van der Waals surface area contributed by atoms with E-state index in [0.29, 0.717) is 19.4 Å². The number of pyridine rings is 1. The van der Waals surface area contributed by atoms with Crippen LogP contribution in [0, 0.1) is 0 Å². The Morgan fingerprint density at radius 1 is 0.931 bits per heavy atom. The van der Waals surface area contributed by atoms with Gasteiger partial charge in [-0.3, -0.25) is 9.78 Å². The summed E-state index contributed by atoms with van der Waals surface area (Å²) in [5.41, 5.74) is 11.5. The Morgan fingerprint density at radius 3 is 2.52 bits per heavy atom. The van der Waals surface area contributed by atoms with Crippen molar-refractivity contribution in [1.82, 2.24) is 9.55 Å². The first-order chi connectivity index (χ1) is 14.2. The van der Waals surface area contributed by atoms with Crippen molar-refractivity contribution in [1.29, 1.82) is 0 Å². The molecule has 29 heavy (non-hydrogen) atoms. The van der Waals surface area contributed by atoms with E-state index in [9.17, 15) is 4.79 Å². The summed E-state index contributed by atoms with van der Waals surface area (Å²) in [4.78, 5) is 16.5. The third-order valence-corrected chi connectivity index (χ3v) is 5.24. The summed E-state index contributed by atoms with van der Waals surface area (Å²) in [5.74, 6) is 0.248. The largest absolute Gasteiger partial charge is 0.330 e. The number of carbonyl (C=O) groups is 1. The summed E-state index contributed by atoms with van der Waals surface area (Å²) >= 11 is 0. The fourth-order valence-electron chi connectivity index (χ4n) is 3.74. The highest BCUT2D eigenvalue weighted by Crippen LogP contribution is 2.25. The van der Waals surface area contributed by atoms with Crippen LogP contribution in [0.3, 0.4) is 0 Å². The lowest BCUT2D eigenvalue weighted by Crippen LogP contribution is -2.04. The summed E-state index contributed by atoms with van der Waals surface area (Å²) in [7, 11) is 0. The standard InChI is InChI=1S/C25H25N3O/c26-14-13-21-18-28(25-6-2-1-5-24(21)25)22-10-7-19(8-11-22)16-23(29)12-9-20-4-3-15-27-17-20/h1-8,10-11,15,17-18H,9,12-14,16,26H2. The van der Waals surface area contributed by atoms with Crippen molar-refractivity contribution < 1.29 is 4.79 Å². The van der Waals surface area contributed by atoms with Crippen LogP contribution in [0.5, 0.6) is 0 Å². The lowest BCUT2D eigenvalue weighted by atomic mass is 10.0. The van der Waals surface area contributed by atoms with Gasteiger partial charge in [0.25, 0.3) is 0 Å². The van der Waals surface area contributed by atoms with Crippen molar-refractivity contribution in [2.24, 2.45) is 5.73 Å². The van der Waals surface area contributed by atoms with E-state index in [1.807, 2.05) is 18.3 Å². The molecule has 4 nitrogen and oxygen atoms in total. The Labute approximate surface area is 171 Å². The Hall–Kier alpha value is -3.24. The van der Waals surface area contributed by atoms with E-state index in [-0.39, 0.29) is 5.78 Å². The highest BCUT2D eigenvalue weighted by Gasteiger charge is 2.10. The van der Waals surface area contributed by atoms with E-state index in [2.05, 4.69) is 64.3 Å². The predicted octanol–water partition coefficient (Wildman–Crippen LogP) is 4.27. The van der Waals surface area contributed by atoms with Crippen LogP contribution in [-0.2, 0) is 24.1 Å². The number of ketones is 1. The molecule has 0 aliphatic rings. The molecule has 0 bridgehead atoms. The number of carbonyl (C=O) groups excluding carboxylic acids is 1. The number of hydrogen-bond donors (Lipinski definition) is 1. The van der Waals surface area contributed by atoms with Gasteiger partial charge in [0, 0.05) is 42.5 Å². The Bertz CT molecular complexity index is 1100. The average Bonchev–Trinajstić information content (AvgIpc) is 3.13. The predicted molar refractivity (Wildman–Crippen MR) is 117 cm³/mol. The number of hydrogen-bond acceptors (Lipinski definition) is 3. The first kappa shape index (κ1) is 19.1. The number of aromatic nitrogens is 2. The number of Topliss-reactive ketones (excluding diaryl/α,β-unsaturated/α-hetero) is 1. The van der Waals surface area contributed by atoms with E-state index in [4.69, 9.17) is 5.73 Å². The molecule has 0 aliphatic heterocycles. The number of aryl methyl sites for hydroxylation is 1. The summed E-state index contributed by atoms with van der Waals surface area (Å²) in [6, 6.07) is 20.6. The maximum atomic E-state index is 12.4. The second-order valence-electron chi connectivity index (χ2n) is 7.32. The second-order valence-corrected chi connectivity index (χ2v) is 7.32. The number of para-hydroxylation sites is 1. The minimum atomic E-state index is 0.248. The molecule has 2 N–H and O–H groups in total. The fourth-order valence-corrected chi connectivity index (χ4v) is 3.74. The number of nitrogens with two attached hydrogens (primary N) is 1. The van der Waals surface area contributed by atoms with Gasteiger partial charge in [-0.1, -0.05) is 36.4 Å². The quantitative estimate of drug-likeness (QED) is 0.494. The zero-order valence-electron chi connectivity index (χ0n) is 16.4. The molecule has 0 fully saturated rings. The molecule has 2 aromatic heterocycles. The van der Waals surface area contributed by atoms with Gasteiger partial charge in [0.2, 0.25) is 0 Å². The van der Waals surface area contributed by atoms with Crippen LogP contribution in [0.4, 0.5) is 0 Å². The molecule has 0 unspecified atom stereocenters. The maximum Gasteiger partial charge on any atom is 0.137 e. The maximum absolute atomic E-state index is 12.4. The molecule has 0 radical (unpaired) electrons. The molecule has 0 spiro atoms. The Kier molecular flexibility index (Phi) is 5.82. The molecule has 0 aliphatic carbocycles. The third-order valence-electron chi connectivity index (χ3n) is 5.24. The molecule has 0 saturated heterocycles. The van der Waals surface area contributed by atoms with E-state index < -0.39 is 0 Å². The van der Waals surface area contributed by atoms with Gasteiger partial charge in [0.1, 0.15) is 5.78 Å². The molecular weight excluding hydrogens is 358 g/mol. The normalized spacial score (nSPS) is 11.1. The van der Waals surface area contributed by atoms with Crippen molar-refractivity contribution in [2.75, 3.05) is 6.54 Å². The van der Waals surface area contributed by atoms with Gasteiger partial charge < -0.3 is 10.3 Å². The second kappa shape index (κ2) is 8.84. The van der Waals surface area contributed by atoms with Crippen molar-refractivity contribution in [3.8, 4) is 5.69 Å². The van der Waals surface area contributed by atoms with Crippen molar-refractivity contribution >= 4 is 16.7 Å². The van der Waals surface area contributed by atoms with Gasteiger partial charge in [-0.2, -0.15) is 0 Å². The SMILES string of the molecule is NCCc1cn(-c2ccc(CC(=O)CCc3cccnc3)cc2)c2ccccc12. The molecule has 0 atom stereocenters. The topological polar surface area (TPSA) is 60.9 Å². The smallest absolute Gasteiger partial charge is 0.137 e. The summed E-state index contributed by atoms with van der Waals surface area (Å²) in [6.07, 6.45) is 8.35. The first-order valence-corrected chi connectivity index (χ1v) is 10.0. The highest BCUT2D eigenvalue weighted by molar-refractivity contribution is 5.86. The number of benzene rings is 2. The Morgan fingerprint density at radius 2 is 1.76 bits per heavy atom. The molecule has 146 valence electrons. The van der Waals surface area contributed by atoms with Crippen LogP contribution < -0.4 is 5.73 Å². The van der Waals surface area contributed by atoms with E-state index in [1.165, 1.54) is 16.5 Å². The summed E-state index contributed by atoms with van der Waals surface area (Å²) in [5, 5.41) is 1.24. The fraction of sp³-hybridized carbons (Fsp3) is 0.200. The van der Waals surface area contributed by atoms with Crippen LogP contribution in [0.25, 0.3) is 16.6 Å². The van der Waals surface area contributed by atoms with E-state index in [1.54, 1.807) is 6.20 Å². The van der Waals surface area contributed by atoms with Crippen molar-refractivity contribution in [3.05, 3.63) is 95.9 Å². The molecule has 4 heteroatoms. The van der Waals surface area contributed by atoms with Crippen LogP contribution in [0.15, 0.2) is 79.3 Å². The molecule has 2 aromatic carbocycles. The molecule has 4 aromatic rings. The van der Waals surface area contributed by atoms with Crippen LogP contribution in [-0.4, -0.2) is 21.9 Å². The monoisotopic (exact) mass is 383 g/mol. The van der Waals surface area contributed by atoms with Gasteiger partial charge >= 0.3 is 0 Å². The minimum absolute atomic E-state index is 0.248. The Balaban J connectivity index is 1.47. The van der Waals surface area contributed by atoms with Crippen molar-refractivity contribution in [2.45, 2.75) is 25.7 Å². The lowest BCUT2D eigenvalue weighted by Gasteiger charge is -2.07.